The molecule has 7 heteroatoms. The summed E-state index contributed by atoms with van der Waals surface area (Å²) in [5.74, 6) is 0.882. The molecule has 28 heavy (non-hydrogen) atoms. The number of aliphatic hydroxyl groups excluding tert-OH is 1. The van der Waals surface area contributed by atoms with Crippen LogP contribution < -0.4 is 10.1 Å². The monoisotopic (exact) mass is 384 g/mol. The predicted octanol–water partition coefficient (Wildman–Crippen LogP) is 2.25. The van der Waals surface area contributed by atoms with Gasteiger partial charge >= 0.3 is 0 Å². The molecule has 0 bridgehead atoms. The lowest BCUT2D eigenvalue weighted by atomic mass is 9.75. The summed E-state index contributed by atoms with van der Waals surface area (Å²) >= 11 is 0. The molecule has 150 valence electrons. The maximum Gasteiger partial charge on any atom is 0.220 e. The van der Waals surface area contributed by atoms with Crippen molar-refractivity contribution in [2.45, 2.75) is 63.5 Å². The van der Waals surface area contributed by atoms with Crippen LogP contribution in [0.25, 0.3) is 0 Å². The first-order chi connectivity index (χ1) is 13.6. The number of ether oxygens (including phenoxy) is 1. The van der Waals surface area contributed by atoms with Crippen LogP contribution in [0.4, 0.5) is 0 Å². The van der Waals surface area contributed by atoms with Gasteiger partial charge in [-0.1, -0.05) is 0 Å². The Morgan fingerprint density at radius 3 is 2.96 bits per heavy atom. The van der Waals surface area contributed by atoms with E-state index >= 15 is 0 Å². The van der Waals surface area contributed by atoms with Crippen LogP contribution in [0.5, 0.6) is 5.75 Å². The number of carbonyl (C=O) groups is 1. The van der Waals surface area contributed by atoms with E-state index in [9.17, 15) is 9.90 Å². The number of rotatable bonds is 7. The molecule has 2 aliphatic carbocycles. The molecule has 0 unspecified atom stereocenters. The van der Waals surface area contributed by atoms with E-state index in [1.54, 1.807) is 19.5 Å². The number of aryl methyl sites for hydroxylation is 2. The normalized spacial score (nSPS) is 22.1. The van der Waals surface area contributed by atoms with Crippen molar-refractivity contribution in [3.8, 4) is 5.75 Å². The van der Waals surface area contributed by atoms with Crippen LogP contribution in [0.15, 0.2) is 18.5 Å². The highest BCUT2D eigenvalue weighted by atomic mass is 16.5. The molecule has 3 N–H and O–H groups in total. The average Bonchev–Trinajstić information content (AvgIpc) is 3.11. The van der Waals surface area contributed by atoms with Gasteiger partial charge in [-0.2, -0.15) is 5.10 Å². The van der Waals surface area contributed by atoms with Gasteiger partial charge in [-0.3, -0.25) is 14.9 Å². The number of H-pyrrole nitrogens is 1. The molecule has 7 nitrogen and oxygen atoms in total. The van der Waals surface area contributed by atoms with Crippen molar-refractivity contribution in [3.05, 3.63) is 41.0 Å². The quantitative estimate of drug-likeness (QED) is 0.680. The van der Waals surface area contributed by atoms with Gasteiger partial charge < -0.3 is 15.2 Å². The summed E-state index contributed by atoms with van der Waals surface area (Å²) in [5.41, 5.74) is 4.51. The summed E-state index contributed by atoms with van der Waals surface area (Å²) in [6.07, 6.45) is 10.1. The van der Waals surface area contributed by atoms with Gasteiger partial charge in [0, 0.05) is 24.7 Å². The number of aromatic nitrogens is 3. The van der Waals surface area contributed by atoms with Crippen LogP contribution in [-0.4, -0.2) is 39.4 Å². The fourth-order valence-corrected chi connectivity index (χ4v) is 4.33. The van der Waals surface area contributed by atoms with Gasteiger partial charge in [0.05, 0.1) is 31.1 Å². The minimum Gasteiger partial charge on any atom is -0.495 e. The smallest absolute Gasteiger partial charge is 0.220 e. The Morgan fingerprint density at radius 1 is 1.36 bits per heavy atom. The fraction of sp³-hybridized carbons (Fsp3) is 0.571. The van der Waals surface area contributed by atoms with Crippen LogP contribution in [0.2, 0.25) is 0 Å². The van der Waals surface area contributed by atoms with E-state index in [2.05, 4.69) is 20.5 Å². The number of aliphatic hydroxyl groups is 1. The van der Waals surface area contributed by atoms with Crippen molar-refractivity contribution >= 4 is 5.91 Å². The zero-order valence-corrected chi connectivity index (χ0v) is 16.3. The number of aromatic amines is 1. The lowest BCUT2D eigenvalue weighted by Crippen LogP contribution is -2.41. The molecule has 0 radical (unpaired) electrons. The molecular weight excluding hydrogens is 356 g/mol. The number of carbonyl (C=O) groups excluding carboxylic acids is 1. The second kappa shape index (κ2) is 8.31. The zero-order chi connectivity index (χ0) is 19.5. The van der Waals surface area contributed by atoms with Gasteiger partial charge in [-0.25, -0.2) is 0 Å². The maximum absolute atomic E-state index is 12.7. The van der Waals surface area contributed by atoms with E-state index in [1.807, 2.05) is 6.07 Å². The maximum atomic E-state index is 12.7. The molecule has 2 aliphatic rings. The molecule has 2 aromatic rings. The molecule has 0 aliphatic heterocycles. The van der Waals surface area contributed by atoms with E-state index in [1.165, 1.54) is 24.1 Å². The fourth-order valence-electron chi connectivity index (χ4n) is 4.33. The number of hydrogen-bond donors (Lipinski definition) is 3. The highest BCUT2D eigenvalue weighted by Gasteiger charge is 2.36. The highest BCUT2D eigenvalue weighted by Crippen LogP contribution is 2.38. The summed E-state index contributed by atoms with van der Waals surface area (Å²) in [5, 5.41) is 20.5. The molecule has 1 saturated carbocycles. The first-order valence-electron chi connectivity index (χ1n) is 10.2. The van der Waals surface area contributed by atoms with Gasteiger partial charge in [-0.05, 0) is 61.6 Å². The van der Waals surface area contributed by atoms with E-state index in [0.717, 1.165) is 24.1 Å². The molecule has 2 heterocycles. The SMILES string of the molecule is COc1cncc([C@@H](NC(=O)CCc2n[nH]c3c2CCCC3)C2CC(O)C2)c1. The number of amides is 1. The molecule has 1 amide bonds. The molecule has 0 saturated heterocycles. The third-order valence-electron chi connectivity index (χ3n) is 6.00. The molecule has 1 atom stereocenters. The van der Waals surface area contributed by atoms with Crippen molar-refractivity contribution in [1.29, 1.82) is 0 Å². The van der Waals surface area contributed by atoms with Gasteiger partial charge in [0.25, 0.3) is 0 Å². The average molecular weight is 384 g/mol. The first kappa shape index (κ1) is 18.9. The largest absolute Gasteiger partial charge is 0.495 e. The number of nitrogens with zero attached hydrogens (tertiary/aromatic N) is 2. The van der Waals surface area contributed by atoms with Crippen molar-refractivity contribution < 1.29 is 14.6 Å². The van der Waals surface area contributed by atoms with Gasteiger partial charge in [-0.15, -0.1) is 0 Å². The van der Waals surface area contributed by atoms with Crippen LogP contribution in [-0.2, 0) is 24.1 Å². The van der Waals surface area contributed by atoms with E-state index in [4.69, 9.17) is 4.74 Å². The molecule has 0 aromatic carbocycles. The number of methoxy groups -OCH3 is 1. The Bertz CT molecular complexity index is 829. The second-order valence-corrected chi connectivity index (χ2v) is 7.92. The van der Waals surface area contributed by atoms with Crippen LogP contribution >= 0.6 is 0 Å². The van der Waals surface area contributed by atoms with E-state index in [0.29, 0.717) is 31.4 Å². The Balaban J connectivity index is 1.41. The lowest BCUT2D eigenvalue weighted by Gasteiger charge is -2.38. The number of nitrogens with one attached hydrogen (secondary N) is 2. The summed E-state index contributed by atoms with van der Waals surface area (Å²) in [4.78, 5) is 16.9. The van der Waals surface area contributed by atoms with E-state index < -0.39 is 0 Å². The molecule has 2 aromatic heterocycles. The van der Waals surface area contributed by atoms with Crippen molar-refractivity contribution in [2.75, 3.05) is 7.11 Å². The Morgan fingerprint density at radius 2 is 2.18 bits per heavy atom. The topological polar surface area (TPSA) is 100 Å². The van der Waals surface area contributed by atoms with Crippen molar-refractivity contribution in [3.63, 3.8) is 0 Å². The Kier molecular flexibility index (Phi) is 5.62. The minimum atomic E-state index is -0.279. The molecular formula is C21H28N4O3. The second-order valence-electron chi connectivity index (χ2n) is 7.92. The summed E-state index contributed by atoms with van der Waals surface area (Å²) in [6, 6.07) is 1.75. The molecule has 4 rings (SSSR count). The number of hydrogen-bond acceptors (Lipinski definition) is 5. The van der Waals surface area contributed by atoms with Crippen LogP contribution in [0, 0.1) is 5.92 Å². The highest BCUT2D eigenvalue weighted by molar-refractivity contribution is 5.76. The predicted molar refractivity (Wildman–Crippen MR) is 104 cm³/mol. The number of fused-ring (bicyclic) bond motifs is 1. The Hall–Kier alpha value is -2.41. The van der Waals surface area contributed by atoms with Crippen molar-refractivity contribution in [1.82, 2.24) is 20.5 Å². The van der Waals surface area contributed by atoms with Crippen LogP contribution in [0.1, 0.15) is 60.7 Å². The third kappa shape index (κ3) is 4.04. The lowest BCUT2D eigenvalue weighted by molar-refractivity contribution is -0.123. The van der Waals surface area contributed by atoms with Gasteiger partial charge in [0.15, 0.2) is 0 Å². The summed E-state index contributed by atoms with van der Waals surface area (Å²) in [6.45, 7) is 0. The summed E-state index contributed by atoms with van der Waals surface area (Å²) in [7, 11) is 1.60. The van der Waals surface area contributed by atoms with Crippen LogP contribution in [0.3, 0.4) is 0 Å². The molecule has 1 fully saturated rings. The Labute approximate surface area is 164 Å². The van der Waals surface area contributed by atoms with Gasteiger partial charge in [0.1, 0.15) is 5.75 Å². The first-order valence-corrected chi connectivity index (χ1v) is 10.2. The number of pyridine rings is 1. The summed E-state index contributed by atoms with van der Waals surface area (Å²) < 4.78 is 5.28. The van der Waals surface area contributed by atoms with Crippen molar-refractivity contribution in [2.24, 2.45) is 5.92 Å². The van der Waals surface area contributed by atoms with E-state index in [-0.39, 0.29) is 24.0 Å². The third-order valence-corrected chi connectivity index (χ3v) is 6.00. The van der Waals surface area contributed by atoms with Gasteiger partial charge in [0.2, 0.25) is 5.91 Å². The zero-order valence-electron chi connectivity index (χ0n) is 16.3. The molecule has 0 spiro atoms. The minimum absolute atomic E-state index is 0.00164. The standard InChI is InChI=1S/C21H28N4O3/c1-28-16-10-14(11-22-12-16)21(13-8-15(26)9-13)23-20(27)7-6-19-17-4-2-3-5-18(17)24-25-19/h10-13,15,21,26H,2-9H2,1H3,(H,23,27)(H,24,25)/t13?,15?,21-/m0/s1.